The van der Waals surface area contributed by atoms with Gasteiger partial charge in [0.25, 0.3) is 0 Å². The fraction of sp³-hybridized carbons (Fsp3) is 0.128. The molecule has 0 atom stereocenters. The first kappa shape index (κ1) is 24.8. The predicted octanol–water partition coefficient (Wildman–Crippen LogP) is 9.28. The lowest BCUT2D eigenvalue weighted by atomic mass is 9.94. The van der Waals surface area contributed by atoms with Gasteiger partial charge in [0, 0.05) is 0 Å². The zero-order valence-corrected chi connectivity index (χ0v) is 24.5. The zero-order valence-electron chi connectivity index (χ0n) is 23.5. The lowest BCUT2D eigenvalue weighted by molar-refractivity contribution is 1.23. The van der Waals surface area contributed by atoms with Gasteiger partial charge in [-0.2, -0.15) is 0 Å². The summed E-state index contributed by atoms with van der Waals surface area (Å²) in [6.07, 6.45) is 7.21. The normalized spacial score (nSPS) is 14.0. The first-order valence-electron chi connectivity index (χ1n) is 14.4. The highest BCUT2D eigenvalue weighted by atomic mass is 28.3. The lowest BCUT2D eigenvalue weighted by Gasteiger charge is -2.32. The molecule has 0 nitrogen and oxygen atoms in total. The van der Waals surface area contributed by atoms with Gasteiger partial charge in [-0.1, -0.05) is 150 Å². The molecule has 5 aromatic carbocycles. The molecule has 0 bridgehead atoms. The van der Waals surface area contributed by atoms with Crippen molar-refractivity contribution >= 4 is 25.4 Å². The van der Waals surface area contributed by atoms with E-state index < -0.39 is 8.07 Å². The predicted molar refractivity (Wildman–Crippen MR) is 174 cm³/mol. The Hall–Kier alpha value is -4.20. The van der Waals surface area contributed by atoms with Crippen LogP contribution in [0.3, 0.4) is 0 Å². The maximum Gasteiger partial charge on any atom is 0.137 e. The number of hydrogen-bond acceptors (Lipinski definition) is 0. The van der Waals surface area contributed by atoms with Crippen molar-refractivity contribution in [2.45, 2.75) is 33.2 Å². The molecule has 0 saturated carbocycles. The largest absolute Gasteiger partial charge is 0.137 e. The summed E-state index contributed by atoms with van der Waals surface area (Å²) in [4.78, 5) is 0. The van der Waals surface area contributed by atoms with Gasteiger partial charge in [-0.25, -0.2) is 0 Å². The van der Waals surface area contributed by atoms with E-state index >= 15 is 0 Å². The molecule has 0 radical (unpaired) electrons. The van der Waals surface area contributed by atoms with Gasteiger partial charge >= 0.3 is 0 Å². The quantitative estimate of drug-likeness (QED) is 0.199. The van der Waals surface area contributed by atoms with Crippen LogP contribution in [0.4, 0.5) is 0 Å². The standard InChI is InChI=1S/C39H34Si/c1-27-13-7-9-19-34(27)36-21-11-15-29-23-32(25-38(29)36)40(3,31-17-5-4-6-18-31)33-24-30-16-12-22-37(39(30)26-33)35-20-10-8-14-28(35)2/h4-22,25-26H,23-24H2,1-3H3. The topological polar surface area (TPSA) is 0 Å². The lowest BCUT2D eigenvalue weighted by Crippen LogP contribution is -2.49. The van der Waals surface area contributed by atoms with E-state index in [9.17, 15) is 0 Å². The van der Waals surface area contributed by atoms with E-state index in [2.05, 4.69) is 148 Å². The average Bonchev–Trinajstić information content (AvgIpc) is 3.63. The highest BCUT2D eigenvalue weighted by molar-refractivity contribution is 7.03. The monoisotopic (exact) mass is 530 g/mol. The van der Waals surface area contributed by atoms with E-state index in [4.69, 9.17) is 0 Å². The Balaban J connectivity index is 1.39. The molecule has 0 fully saturated rings. The van der Waals surface area contributed by atoms with Crippen molar-refractivity contribution in [3.05, 3.63) is 159 Å². The van der Waals surface area contributed by atoms with Crippen LogP contribution in [0.1, 0.15) is 33.4 Å². The molecule has 0 amide bonds. The van der Waals surface area contributed by atoms with E-state index in [1.165, 1.54) is 60.8 Å². The number of benzene rings is 5. The maximum atomic E-state index is 2.60. The smallest absolute Gasteiger partial charge is 0.0668 e. The summed E-state index contributed by atoms with van der Waals surface area (Å²) in [5.41, 5.74) is 13.8. The van der Waals surface area contributed by atoms with E-state index in [-0.39, 0.29) is 0 Å². The van der Waals surface area contributed by atoms with Crippen molar-refractivity contribution in [3.63, 3.8) is 0 Å². The van der Waals surface area contributed by atoms with Gasteiger partial charge in [-0.3, -0.25) is 0 Å². The van der Waals surface area contributed by atoms with Gasteiger partial charge in [0.2, 0.25) is 0 Å². The minimum Gasteiger partial charge on any atom is -0.0668 e. The highest BCUT2D eigenvalue weighted by Gasteiger charge is 2.41. The Morgan fingerprint density at radius 3 is 1.35 bits per heavy atom. The summed E-state index contributed by atoms with van der Waals surface area (Å²) in [5.74, 6) is 0. The van der Waals surface area contributed by atoms with Crippen molar-refractivity contribution in [2.24, 2.45) is 0 Å². The van der Waals surface area contributed by atoms with Gasteiger partial charge in [0.15, 0.2) is 0 Å². The first-order valence-corrected chi connectivity index (χ1v) is 16.9. The van der Waals surface area contributed by atoms with Crippen LogP contribution >= 0.6 is 0 Å². The zero-order chi connectivity index (χ0) is 27.3. The Morgan fingerprint density at radius 2 is 0.875 bits per heavy atom. The van der Waals surface area contributed by atoms with Crippen molar-refractivity contribution in [1.29, 1.82) is 0 Å². The molecule has 0 aliphatic heterocycles. The van der Waals surface area contributed by atoms with Gasteiger partial charge < -0.3 is 0 Å². The number of allylic oxidation sites excluding steroid dienone is 2. The van der Waals surface area contributed by atoms with E-state index in [0.29, 0.717) is 0 Å². The fourth-order valence-corrected chi connectivity index (χ4v) is 10.9. The third-order valence-electron chi connectivity index (χ3n) is 9.30. The van der Waals surface area contributed by atoms with Crippen molar-refractivity contribution in [3.8, 4) is 22.3 Å². The maximum absolute atomic E-state index is 2.60. The molecule has 0 N–H and O–H groups in total. The van der Waals surface area contributed by atoms with Crippen molar-refractivity contribution in [1.82, 2.24) is 0 Å². The molecule has 0 aromatic heterocycles. The van der Waals surface area contributed by atoms with Gasteiger partial charge in [0.1, 0.15) is 8.07 Å². The molecule has 7 rings (SSSR count). The van der Waals surface area contributed by atoms with Crippen LogP contribution in [-0.4, -0.2) is 8.07 Å². The number of rotatable bonds is 5. The van der Waals surface area contributed by atoms with Crippen LogP contribution < -0.4 is 5.19 Å². The van der Waals surface area contributed by atoms with Gasteiger partial charge in [-0.05, 0) is 82.3 Å². The highest BCUT2D eigenvalue weighted by Crippen LogP contribution is 2.44. The SMILES string of the molecule is Cc1ccccc1-c1cccc2c1C=C([Si](C)(C1=Cc3c(cccc3-c3ccccc3C)C1)c1ccccc1)C2. The fourth-order valence-electron chi connectivity index (χ4n) is 6.95. The number of fused-ring (bicyclic) bond motifs is 2. The minimum absolute atomic E-state index is 1.03. The number of aryl methyl sites for hydroxylation is 2. The van der Waals surface area contributed by atoms with Crippen LogP contribution in [-0.2, 0) is 12.8 Å². The Labute approximate surface area is 239 Å². The van der Waals surface area contributed by atoms with Crippen molar-refractivity contribution in [2.75, 3.05) is 0 Å². The van der Waals surface area contributed by atoms with Crippen LogP contribution in [0.2, 0.25) is 6.55 Å². The summed E-state index contributed by atoms with van der Waals surface area (Å²) in [5, 5.41) is 4.74. The number of hydrogen-bond donors (Lipinski definition) is 0. The molecule has 5 aromatic rings. The van der Waals surface area contributed by atoms with E-state index in [0.717, 1.165) is 12.8 Å². The summed E-state index contributed by atoms with van der Waals surface area (Å²) < 4.78 is 0. The van der Waals surface area contributed by atoms with Gasteiger partial charge in [0.05, 0.1) is 0 Å². The molecule has 194 valence electrons. The molecular weight excluding hydrogens is 497 g/mol. The van der Waals surface area contributed by atoms with Crippen LogP contribution in [0, 0.1) is 13.8 Å². The van der Waals surface area contributed by atoms with Crippen LogP contribution in [0.15, 0.2) is 126 Å². The second-order valence-electron chi connectivity index (χ2n) is 11.6. The van der Waals surface area contributed by atoms with Crippen LogP contribution in [0.25, 0.3) is 34.4 Å². The molecule has 0 saturated heterocycles. The molecule has 2 aliphatic carbocycles. The molecule has 40 heavy (non-hydrogen) atoms. The summed E-state index contributed by atoms with van der Waals surface area (Å²) in [6, 6.07) is 42.8. The van der Waals surface area contributed by atoms with Crippen molar-refractivity contribution < 1.29 is 0 Å². The third kappa shape index (κ3) is 3.96. The van der Waals surface area contributed by atoms with E-state index in [1.54, 1.807) is 10.4 Å². The molecule has 0 unspecified atom stereocenters. The average molecular weight is 531 g/mol. The molecular formula is C39H34Si. The van der Waals surface area contributed by atoms with Gasteiger partial charge in [-0.15, -0.1) is 0 Å². The summed E-state index contributed by atoms with van der Waals surface area (Å²) in [6.45, 7) is 7.05. The molecule has 0 heterocycles. The molecule has 0 spiro atoms. The second-order valence-corrected chi connectivity index (χ2v) is 15.7. The minimum atomic E-state index is -2.21. The summed E-state index contributed by atoms with van der Waals surface area (Å²) >= 11 is 0. The van der Waals surface area contributed by atoms with Crippen LogP contribution in [0.5, 0.6) is 0 Å². The third-order valence-corrected chi connectivity index (χ3v) is 14.0. The Bertz CT molecular complexity index is 1710. The Morgan fingerprint density at radius 1 is 0.450 bits per heavy atom. The first-order chi connectivity index (χ1) is 19.5. The Kier molecular flexibility index (Phi) is 6.06. The summed E-state index contributed by atoms with van der Waals surface area (Å²) in [7, 11) is -2.21. The van der Waals surface area contributed by atoms with E-state index in [1.807, 2.05) is 0 Å². The molecule has 2 aliphatic rings. The molecule has 1 heteroatoms. The second kappa shape index (κ2) is 9.77.